The molecule has 2 fully saturated rings. The maximum absolute atomic E-state index is 12.5. The van der Waals surface area contributed by atoms with Gasteiger partial charge in [-0.3, -0.25) is 9.48 Å². The molecule has 6 heteroatoms. The number of aryl methyl sites for hydroxylation is 1. The Morgan fingerprint density at radius 2 is 1.95 bits per heavy atom. The second-order valence-electron chi connectivity index (χ2n) is 6.31. The van der Waals surface area contributed by atoms with Gasteiger partial charge >= 0.3 is 0 Å². The third-order valence-corrected chi connectivity index (χ3v) is 4.83. The molecule has 1 aromatic rings. The number of hydrogen-bond donors (Lipinski definition) is 1. The molecule has 0 saturated carbocycles. The number of aromatic nitrogens is 2. The Balaban J connectivity index is 1.53. The van der Waals surface area contributed by atoms with Crippen LogP contribution in [0.4, 0.5) is 5.82 Å². The number of nitrogen functional groups attached to an aromatic ring is 1. The summed E-state index contributed by atoms with van der Waals surface area (Å²) >= 11 is 0. The third-order valence-electron chi connectivity index (χ3n) is 4.83. The molecule has 2 aliphatic rings. The van der Waals surface area contributed by atoms with Gasteiger partial charge in [-0.2, -0.15) is 5.10 Å². The molecule has 2 saturated heterocycles. The molecule has 0 atom stereocenters. The highest BCUT2D eigenvalue weighted by Crippen LogP contribution is 2.23. The highest BCUT2D eigenvalue weighted by Gasteiger charge is 2.27. The zero-order valence-corrected chi connectivity index (χ0v) is 12.8. The number of likely N-dealkylation sites (tertiary alicyclic amines) is 2. The summed E-state index contributed by atoms with van der Waals surface area (Å²) in [6.45, 7) is 5.39. The van der Waals surface area contributed by atoms with E-state index in [1.54, 1.807) is 17.9 Å². The minimum atomic E-state index is 0.0280. The molecule has 2 N–H and O–H groups in total. The Kier molecular flexibility index (Phi) is 4.14. The molecule has 1 aromatic heterocycles. The van der Waals surface area contributed by atoms with Crippen molar-refractivity contribution in [2.75, 3.05) is 38.5 Å². The summed E-state index contributed by atoms with van der Waals surface area (Å²) in [7, 11) is 1.76. The van der Waals surface area contributed by atoms with Crippen molar-refractivity contribution in [2.24, 2.45) is 13.0 Å². The van der Waals surface area contributed by atoms with Gasteiger partial charge in [0.1, 0.15) is 11.4 Å². The quantitative estimate of drug-likeness (QED) is 0.900. The number of rotatable bonds is 3. The summed E-state index contributed by atoms with van der Waals surface area (Å²) in [5, 5.41) is 4.05. The fourth-order valence-electron chi connectivity index (χ4n) is 3.43. The van der Waals surface area contributed by atoms with Crippen LogP contribution in [0.25, 0.3) is 0 Å². The van der Waals surface area contributed by atoms with E-state index >= 15 is 0 Å². The number of anilines is 1. The average molecular weight is 291 g/mol. The lowest BCUT2D eigenvalue weighted by Crippen LogP contribution is -2.41. The SMILES string of the molecule is Cn1ncc(C(=O)N2CCC(CN3CCCC3)CC2)c1N. The summed E-state index contributed by atoms with van der Waals surface area (Å²) in [6, 6.07) is 0. The number of nitrogens with zero attached hydrogens (tertiary/aromatic N) is 4. The first-order valence-corrected chi connectivity index (χ1v) is 7.94. The van der Waals surface area contributed by atoms with Crippen molar-refractivity contribution in [3.05, 3.63) is 11.8 Å². The van der Waals surface area contributed by atoms with Gasteiger partial charge in [-0.25, -0.2) is 0 Å². The Bertz CT molecular complexity index is 498. The largest absolute Gasteiger partial charge is 0.383 e. The first kappa shape index (κ1) is 14.4. The highest BCUT2D eigenvalue weighted by molar-refractivity contribution is 5.98. The number of carbonyl (C=O) groups is 1. The minimum absolute atomic E-state index is 0.0280. The Morgan fingerprint density at radius 3 is 2.52 bits per heavy atom. The molecular formula is C15H25N5O. The van der Waals surface area contributed by atoms with Crippen LogP contribution in [0, 0.1) is 5.92 Å². The maximum atomic E-state index is 12.5. The fourth-order valence-corrected chi connectivity index (χ4v) is 3.43. The fraction of sp³-hybridized carbons (Fsp3) is 0.733. The summed E-state index contributed by atoms with van der Waals surface area (Å²) in [5.41, 5.74) is 6.43. The minimum Gasteiger partial charge on any atom is -0.383 e. The van der Waals surface area contributed by atoms with Crippen LogP contribution in [-0.4, -0.2) is 58.2 Å². The van der Waals surface area contributed by atoms with Crippen LogP contribution in [0.15, 0.2) is 6.20 Å². The molecule has 0 aromatic carbocycles. The monoisotopic (exact) mass is 291 g/mol. The van der Waals surface area contributed by atoms with E-state index in [4.69, 9.17) is 5.73 Å². The van der Waals surface area contributed by atoms with Gasteiger partial charge in [0.25, 0.3) is 5.91 Å². The summed E-state index contributed by atoms with van der Waals surface area (Å²) in [6.07, 6.45) is 6.47. The van der Waals surface area contributed by atoms with Crippen LogP contribution < -0.4 is 5.73 Å². The van der Waals surface area contributed by atoms with Crippen molar-refractivity contribution in [2.45, 2.75) is 25.7 Å². The van der Waals surface area contributed by atoms with Crippen molar-refractivity contribution in [1.82, 2.24) is 19.6 Å². The predicted molar refractivity (Wildman–Crippen MR) is 81.9 cm³/mol. The van der Waals surface area contributed by atoms with E-state index < -0.39 is 0 Å². The van der Waals surface area contributed by atoms with Crippen molar-refractivity contribution >= 4 is 11.7 Å². The van der Waals surface area contributed by atoms with Gasteiger partial charge in [0.2, 0.25) is 0 Å². The van der Waals surface area contributed by atoms with Crippen LogP contribution in [0.5, 0.6) is 0 Å². The Hall–Kier alpha value is -1.56. The molecular weight excluding hydrogens is 266 g/mol. The van der Waals surface area contributed by atoms with Crippen LogP contribution in [0.1, 0.15) is 36.0 Å². The summed E-state index contributed by atoms with van der Waals surface area (Å²) < 4.78 is 1.55. The Labute approximate surface area is 125 Å². The topological polar surface area (TPSA) is 67.4 Å². The van der Waals surface area contributed by atoms with Crippen molar-refractivity contribution in [3.8, 4) is 0 Å². The zero-order valence-electron chi connectivity index (χ0n) is 12.8. The van der Waals surface area contributed by atoms with Gasteiger partial charge in [0.05, 0.1) is 6.20 Å². The smallest absolute Gasteiger partial charge is 0.259 e. The number of hydrogen-bond acceptors (Lipinski definition) is 4. The lowest BCUT2D eigenvalue weighted by Gasteiger charge is -2.33. The predicted octanol–water partition coefficient (Wildman–Crippen LogP) is 0.950. The van der Waals surface area contributed by atoms with Gasteiger partial charge in [0.15, 0.2) is 0 Å². The van der Waals surface area contributed by atoms with Gasteiger partial charge in [-0.15, -0.1) is 0 Å². The molecule has 3 rings (SSSR count). The first-order chi connectivity index (χ1) is 10.1. The molecule has 0 unspecified atom stereocenters. The standard InChI is InChI=1S/C15H25N5O/c1-18-14(16)13(10-17-18)15(21)20-8-4-12(5-9-20)11-19-6-2-3-7-19/h10,12H,2-9,11,16H2,1H3. The van der Waals surface area contributed by atoms with Gasteiger partial charge < -0.3 is 15.5 Å². The van der Waals surface area contributed by atoms with Gasteiger partial charge in [-0.1, -0.05) is 0 Å². The van der Waals surface area contributed by atoms with Gasteiger partial charge in [-0.05, 0) is 44.7 Å². The maximum Gasteiger partial charge on any atom is 0.259 e. The second kappa shape index (κ2) is 6.05. The summed E-state index contributed by atoms with van der Waals surface area (Å²) in [4.78, 5) is 17.0. The van der Waals surface area contributed by atoms with Crippen LogP contribution in [-0.2, 0) is 7.05 Å². The van der Waals surface area contributed by atoms with E-state index in [2.05, 4.69) is 10.00 Å². The second-order valence-corrected chi connectivity index (χ2v) is 6.31. The molecule has 3 heterocycles. The van der Waals surface area contributed by atoms with Crippen molar-refractivity contribution < 1.29 is 4.79 Å². The van der Waals surface area contributed by atoms with Crippen molar-refractivity contribution in [3.63, 3.8) is 0 Å². The first-order valence-electron chi connectivity index (χ1n) is 7.94. The highest BCUT2D eigenvalue weighted by atomic mass is 16.2. The van der Waals surface area contributed by atoms with Crippen LogP contribution in [0.3, 0.4) is 0 Å². The van der Waals surface area contributed by atoms with Crippen LogP contribution >= 0.6 is 0 Å². The number of piperidine rings is 1. The van der Waals surface area contributed by atoms with E-state index in [0.717, 1.165) is 31.8 Å². The average Bonchev–Trinajstić information content (AvgIpc) is 3.11. The molecule has 116 valence electrons. The molecule has 0 bridgehead atoms. The van der Waals surface area contributed by atoms with E-state index in [9.17, 15) is 4.79 Å². The lowest BCUT2D eigenvalue weighted by atomic mass is 9.96. The molecule has 0 aliphatic carbocycles. The number of carbonyl (C=O) groups excluding carboxylic acids is 1. The van der Waals surface area contributed by atoms with E-state index in [1.165, 1.54) is 32.5 Å². The van der Waals surface area contributed by atoms with E-state index in [-0.39, 0.29) is 5.91 Å². The molecule has 21 heavy (non-hydrogen) atoms. The van der Waals surface area contributed by atoms with E-state index in [0.29, 0.717) is 11.4 Å². The Morgan fingerprint density at radius 1 is 1.29 bits per heavy atom. The van der Waals surface area contributed by atoms with Crippen LogP contribution in [0.2, 0.25) is 0 Å². The summed E-state index contributed by atoms with van der Waals surface area (Å²) in [5.74, 6) is 1.22. The number of nitrogens with two attached hydrogens (primary N) is 1. The normalized spacial score (nSPS) is 21.1. The molecule has 6 nitrogen and oxygen atoms in total. The number of amides is 1. The molecule has 2 aliphatic heterocycles. The third kappa shape index (κ3) is 3.05. The molecule has 0 radical (unpaired) electrons. The molecule has 0 spiro atoms. The van der Waals surface area contributed by atoms with Crippen molar-refractivity contribution in [1.29, 1.82) is 0 Å². The molecule has 1 amide bonds. The zero-order chi connectivity index (χ0) is 14.8. The van der Waals surface area contributed by atoms with Gasteiger partial charge in [0, 0.05) is 26.7 Å². The van der Waals surface area contributed by atoms with E-state index in [1.807, 2.05) is 4.90 Å². The lowest BCUT2D eigenvalue weighted by molar-refractivity contribution is 0.0674.